The first-order chi connectivity index (χ1) is 13.2. The van der Waals surface area contributed by atoms with Crippen molar-refractivity contribution in [3.63, 3.8) is 0 Å². The van der Waals surface area contributed by atoms with Gasteiger partial charge in [0.1, 0.15) is 18.0 Å². The van der Waals surface area contributed by atoms with Crippen molar-refractivity contribution in [3.05, 3.63) is 42.0 Å². The molecule has 1 aromatic carbocycles. The lowest BCUT2D eigenvalue weighted by molar-refractivity contribution is 0.202. The molecule has 152 valence electrons. The predicted octanol–water partition coefficient (Wildman–Crippen LogP) is 7.26. The van der Waals surface area contributed by atoms with E-state index < -0.39 is 0 Å². The fourth-order valence-corrected chi connectivity index (χ4v) is 3.29. The number of hydrogen-bond donors (Lipinski definition) is 0. The lowest BCUT2D eigenvalue weighted by Gasteiger charge is -2.09. The fraction of sp³-hybridized carbons (Fsp3) is 0.680. The van der Waals surface area contributed by atoms with E-state index in [9.17, 15) is 0 Å². The summed E-state index contributed by atoms with van der Waals surface area (Å²) in [5, 5.41) is 0. The molecular weight excluding hydrogens is 332 g/mol. The molecular formula is C25H40O2. The SMILES string of the molecule is CCCCCCCCCCC/C=C/CCc1cccc(OCC2(C)CO2)c1. The van der Waals surface area contributed by atoms with Crippen LogP contribution < -0.4 is 4.74 Å². The summed E-state index contributed by atoms with van der Waals surface area (Å²) in [6.45, 7) is 5.84. The van der Waals surface area contributed by atoms with Gasteiger partial charge in [-0.15, -0.1) is 0 Å². The Morgan fingerprint density at radius 2 is 1.63 bits per heavy atom. The van der Waals surface area contributed by atoms with Crippen LogP contribution in [0.5, 0.6) is 5.75 Å². The third kappa shape index (κ3) is 10.6. The van der Waals surface area contributed by atoms with Crippen molar-refractivity contribution in [3.8, 4) is 5.75 Å². The normalized spacial score (nSPS) is 18.9. The summed E-state index contributed by atoms with van der Waals surface area (Å²) in [5.74, 6) is 0.961. The number of allylic oxidation sites excluding steroid dienone is 2. The molecule has 1 saturated heterocycles. The highest BCUT2D eigenvalue weighted by Gasteiger charge is 2.40. The van der Waals surface area contributed by atoms with Crippen LogP contribution in [0, 0.1) is 0 Å². The second-order valence-corrected chi connectivity index (χ2v) is 8.30. The van der Waals surface area contributed by atoms with Gasteiger partial charge < -0.3 is 9.47 Å². The van der Waals surface area contributed by atoms with Crippen molar-refractivity contribution < 1.29 is 9.47 Å². The number of epoxide rings is 1. The van der Waals surface area contributed by atoms with Crippen molar-refractivity contribution in [2.75, 3.05) is 13.2 Å². The molecule has 2 nitrogen and oxygen atoms in total. The summed E-state index contributed by atoms with van der Waals surface area (Å²) >= 11 is 0. The molecule has 1 unspecified atom stereocenters. The van der Waals surface area contributed by atoms with Gasteiger partial charge in [0, 0.05) is 0 Å². The zero-order chi connectivity index (χ0) is 19.2. The van der Waals surface area contributed by atoms with Gasteiger partial charge in [-0.2, -0.15) is 0 Å². The minimum atomic E-state index is -0.0478. The number of rotatable bonds is 16. The van der Waals surface area contributed by atoms with Gasteiger partial charge in [-0.1, -0.05) is 82.6 Å². The van der Waals surface area contributed by atoms with Crippen LogP contribution in [0.3, 0.4) is 0 Å². The van der Waals surface area contributed by atoms with Crippen LogP contribution in [0.2, 0.25) is 0 Å². The quantitative estimate of drug-likeness (QED) is 0.173. The molecule has 1 heterocycles. The Hall–Kier alpha value is -1.28. The van der Waals surface area contributed by atoms with Gasteiger partial charge >= 0.3 is 0 Å². The van der Waals surface area contributed by atoms with E-state index >= 15 is 0 Å². The summed E-state index contributed by atoms with van der Waals surface area (Å²) in [5.41, 5.74) is 1.30. The third-order valence-electron chi connectivity index (χ3n) is 5.32. The molecule has 1 fully saturated rings. The smallest absolute Gasteiger partial charge is 0.123 e. The molecule has 0 radical (unpaired) electrons. The van der Waals surface area contributed by atoms with Crippen molar-refractivity contribution >= 4 is 0 Å². The van der Waals surface area contributed by atoms with Crippen LogP contribution in [0.25, 0.3) is 0 Å². The largest absolute Gasteiger partial charge is 0.490 e. The highest BCUT2D eigenvalue weighted by molar-refractivity contribution is 5.29. The van der Waals surface area contributed by atoms with E-state index in [0.29, 0.717) is 6.61 Å². The molecule has 0 saturated carbocycles. The minimum absolute atomic E-state index is 0.0478. The average Bonchev–Trinajstić information content (AvgIpc) is 3.42. The summed E-state index contributed by atoms with van der Waals surface area (Å²) in [6.07, 6.45) is 20.8. The topological polar surface area (TPSA) is 21.8 Å². The van der Waals surface area contributed by atoms with Crippen molar-refractivity contribution in [1.29, 1.82) is 0 Å². The molecule has 0 aliphatic carbocycles. The van der Waals surface area contributed by atoms with Crippen molar-refractivity contribution in [1.82, 2.24) is 0 Å². The summed E-state index contributed by atoms with van der Waals surface area (Å²) in [6, 6.07) is 8.48. The molecule has 1 atom stereocenters. The third-order valence-corrected chi connectivity index (χ3v) is 5.32. The molecule has 0 N–H and O–H groups in total. The number of benzene rings is 1. The summed E-state index contributed by atoms with van der Waals surface area (Å²) in [7, 11) is 0. The molecule has 27 heavy (non-hydrogen) atoms. The zero-order valence-electron chi connectivity index (χ0n) is 17.7. The van der Waals surface area contributed by atoms with E-state index in [-0.39, 0.29) is 5.60 Å². The Balaban J connectivity index is 1.46. The van der Waals surface area contributed by atoms with Gasteiger partial charge in [-0.25, -0.2) is 0 Å². The Bertz CT molecular complexity index is 531. The first-order valence-electron chi connectivity index (χ1n) is 11.2. The molecule has 0 bridgehead atoms. The van der Waals surface area contributed by atoms with Crippen LogP contribution in [0.15, 0.2) is 36.4 Å². The van der Waals surface area contributed by atoms with Crippen LogP contribution in [0.1, 0.15) is 90.0 Å². The maximum Gasteiger partial charge on any atom is 0.123 e. The number of hydrogen-bond acceptors (Lipinski definition) is 2. The first-order valence-corrected chi connectivity index (χ1v) is 11.2. The Labute approximate surface area is 167 Å². The number of ether oxygens (including phenoxy) is 2. The second kappa shape index (κ2) is 13.0. The number of aryl methyl sites for hydroxylation is 1. The summed E-state index contributed by atoms with van der Waals surface area (Å²) < 4.78 is 11.2. The molecule has 0 amide bonds. The molecule has 2 rings (SSSR count). The molecule has 2 heteroatoms. The minimum Gasteiger partial charge on any atom is -0.490 e. The zero-order valence-corrected chi connectivity index (χ0v) is 17.7. The van der Waals surface area contributed by atoms with E-state index in [1.165, 1.54) is 69.8 Å². The molecule has 1 aliphatic heterocycles. The predicted molar refractivity (Wildman–Crippen MR) is 116 cm³/mol. The lowest BCUT2D eigenvalue weighted by Crippen LogP contribution is -2.16. The van der Waals surface area contributed by atoms with Crippen LogP contribution in [-0.4, -0.2) is 18.8 Å². The monoisotopic (exact) mass is 372 g/mol. The summed E-state index contributed by atoms with van der Waals surface area (Å²) in [4.78, 5) is 0. The van der Waals surface area contributed by atoms with E-state index in [0.717, 1.165) is 25.2 Å². The van der Waals surface area contributed by atoms with E-state index in [1.807, 2.05) is 6.07 Å². The van der Waals surface area contributed by atoms with Gasteiger partial charge in [-0.3, -0.25) is 0 Å². The van der Waals surface area contributed by atoms with Gasteiger partial charge in [0.05, 0.1) is 6.61 Å². The Morgan fingerprint density at radius 1 is 0.963 bits per heavy atom. The molecule has 0 spiro atoms. The van der Waals surface area contributed by atoms with Crippen molar-refractivity contribution in [2.24, 2.45) is 0 Å². The highest BCUT2D eigenvalue weighted by Crippen LogP contribution is 2.27. The van der Waals surface area contributed by atoms with Crippen LogP contribution in [-0.2, 0) is 11.2 Å². The lowest BCUT2D eigenvalue weighted by atomic mass is 10.1. The van der Waals surface area contributed by atoms with Gasteiger partial charge in [-0.05, 0) is 50.3 Å². The van der Waals surface area contributed by atoms with Crippen LogP contribution in [0.4, 0.5) is 0 Å². The van der Waals surface area contributed by atoms with Crippen molar-refractivity contribution in [2.45, 2.75) is 96.5 Å². The van der Waals surface area contributed by atoms with E-state index in [2.05, 4.69) is 44.2 Å². The van der Waals surface area contributed by atoms with E-state index in [4.69, 9.17) is 9.47 Å². The maximum absolute atomic E-state index is 5.85. The van der Waals surface area contributed by atoms with E-state index in [1.54, 1.807) is 0 Å². The molecule has 1 aromatic rings. The Morgan fingerprint density at radius 3 is 2.33 bits per heavy atom. The van der Waals surface area contributed by atoms with Crippen LogP contribution >= 0.6 is 0 Å². The fourth-order valence-electron chi connectivity index (χ4n) is 3.29. The highest BCUT2D eigenvalue weighted by atomic mass is 16.6. The standard InChI is InChI=1S/C25H40O2/c1-3-4-5-6-7-8-9-10-11-12-13-14-15-17-23-18-16-19-24(20-23)26-21-25(2)22-27-25/h13-14,16,18-20H,3-12,15,17,21-22H2,1-2H3/b14-13+. The first kappa shape index (κ1) is 22.0. The number of unbranched alkanes of at least 4 members (excludes halogenated alkanes) is 9. The molecule has 1 aliphatic rings. The van der Waals surface area contributed by atoms with Gasteiger partial charge in [0.15, 0.2) is 0 Å². The molecule has 0 aromatic heterocycles. The second-order valence-electron chi connectivity index (χ2n) is 8.30. The van der Waals surface area contributed by atoms with Gasteiger partial charge in [0.25, 0.3) is 0 Å². The average molecular weight is 373 g/mol. The Kier molecular flexibility index (Phi) is 10.6. The van der Waals surface area contributed by atoms with Gasteiger partial charge in [0.2, 0.25) is 0 Å². The maximum atomic E-state index is 5.85.